The molecule has 1 fully saturated rings. The van der Waals surface area contributed by atoms with E-state index in [2.05, 4.69) is 26.9 Å². The van der Waals surface area contributed by atoms with Gasteiger partial charge in [0.25, 0.3) is 0 Å². The van der Waals surface area contributed by atoms with Gasteiger partial charge in [-0.3, -0.25) is 9.58 Å². The molecule has 3 rings (SSSR count). The number of aromatic nitrogens is 4. The van der Waals surface area contributed by atoms with Crippen molar-refractivity contribution in [3.05, 3.63) is 12.0 Å². The second-order valence-electron chi connectivity index (χ2n) is 5.66. The van der Waals surface area contributed by atoms with Gasteiger partial charge in [0.15, 0.2) is 5.65 Å². The molecule has 1 saturated carbocycles. The molecule has 0 saturated heterocycles. The molecule has 0 aromatic carbocycles. The van der Waals surface area contributed by atoms with Crippen molar-refractivity contribution >= 4 is 16.9 Å². The molecule has 6 heteroatoms. The lowest BCUT2D eigenvalue weighted by molar-refractivity contribution is 0.175. The highest BCUT2D eigenvalue weighted by Crippen LogP contribution is 2.27. The van der Waals surface area contributed by atoms with Gasteiger partial charge in [0.1, 0.15) is 11.6 Å². The average molecular weight is 274 g/mol. The van der Waals surface area contributed by atoms with Gasteiger partial charge in [0.05, 0.1) is 18.1 Å². The summed E-state index contributed by atoms with van der Waals surface area (Å²) in [4.78, 5) is 11.4. The van der Waals surface area contributed by atoms with Crippen LogP contribution in [0.2, 0.25) is 0 Å². The fourth-order valence-corrected chi connectivity index (χ4v) is 2.71. The van der Waals surface area contributed by atoms with Crippen LogP contribution in [0, 0.1) is 5.92 Å². The molecule has 0 spiro atoms. The van der Waals surface area contributed by atoms with Gasteiger partial charge in [-0.15, -0.1) is 0 Å². The topological polar surface area (TPSA) is 72.9 Å². The van der Waals surface area contributed by atoms with Crippen molar-refractivity contribution < 1.29 is 0 Å². The Balaban J connectivity index is 1.79. The lowest BCUT2D eigenvalue weighted by atomic mass is 9.85. The predicted molar refractivity (Wildman–Crippen MR) is 79.0 cm³/mol. The van der Waals surface area contributed by atoms with Crippen LogP contribution in [-0.2, 0) is 13.6 Å². The van der Waals surface area contributed by atoms with E-state index in [0.29, 0.717) is 5.82 Å². The molecule has 2 heterocycles. The Bertz CT molecular complexity index is 601. The Kier molecular flexibility index (Phi) is 3.56. The Labute approximate surface area is 119 Å². The van der Waals surface area contributed by atoms with Gasteiger partial charge in [-0.2, -0.15) is 5.10 Å². The van der Waals surface area contributed by atoms with E-state index >= 15 is 0 Å². The van der Waals surface area contributed by atoms with E-state index in [1.54, 1.807) is 10.9 Å². The van der Waals surface area contributed by atoms with Gasteiger partial charge >= 0.3 is 0 Å². The molecule has 6 nitrogen and oxygen atoms in total. The second-order valence-corrected chi connectivity index (χ2v) is 5.66. The van der Waals surface area contributed by atoms with Crippen LogP contribution in [0.25, 0.3) is 11.0 Å². The van der Waals surface area contributed by atoms with Gasteiger partial charge < -0.3 is 5.73 Å². The number of hydrogen-bond acceptors (Lipinski definition) is 5. The summed E-state index contributed by atoms with van der Waals surface area (Å²) in [5, 5.41) is 5.02. The van der Waals surface area contributed by atoms with Crippen molar-refractivity contribution in [3.63, 3.8) is 0 Å². The van der Waals surface area contributed by atoms with Crippen molar-refractivity contribution in [3.8, 4) is 0 Å². The first kappa shape index (κ1) is 13.3. The van der Waals surface area contributed by atoms with Crippen molar-refractivity contribution in [1.82, 2.24) is 24.6 Å². The van der Waals surface area contributed by atoms with E-state index in [0.717, 1.165) is 42.4 Å². The van der Waals surface area contributed by atoms with Crippen LogP contribution in [0.1, 0.15) is 32.0 Å². The minimum atomic E-state index is 0.526. The van der Waals surface area contributed by atoms with Crippen LogP contribution < -0.4 is 5.73 Å². The highest BCUT2D eigenvalue weighted by Gasteiger charge is 2.21. The van der Waals surface area contributed by atoms with Crippen molar-refractivity contribution in [2.45, 2.75) is 32.7 Å². The third-order valence-corrected chi connectivity index (χ3v) is 4.22. The molecule has 2 aromatic heterocycles. The fourth-order valence-electron chi connectivity index (χ4n) is 2.71. The zero-order valence-electron chi connectivity index (χ0n) is 12.2. The van der Waals surface area contributed by atoms with Crippen LogP contribution in [0.5, 0.6) is 0 Å². The number of nitrogens with zero attached hydrogens (tertiary/aromatic N) is 5. The lowest BCUT2D eigenvalue weighted by Gasteiger charge is -2.31. The van der Waals surface area contributed by atoms with E-state index in [9.17, 15) is 0 Å². The number of nitrogens with two attached hydrogens (primary N) is 1. The van der Waals surface area contributed by atoms with Crippen LogP contribution >= 0.6 is 0 Å². The van der Waals surface area contributed by atoms with Gasteiger partial charge in [0, 0.05) is 13.6 Å². The minimum absolute atomic E-state index is 0.526. The molecular weight excluding hydrogens is 252 g/mol. The van der Waals surface area contributed by atoms with Crippen molar-refractivity contribution in [1.29, 1.82) is 0 Å². The molecule has 2 aromatic rings. The summed E-state index contributed by atoms with van der Waals surface area (Å²) >= 11 is 0. The summed E-state index contributed by atoms with van der Waals surface area (Å²) < 4.78 is 1.75. The maximum absolute atomic E-state index is 6.00. The summed E-state index contributed by atoms with van der Waals surface area (Å²) in [6, 6.07) is 0. The second kappa shape index (κ2) is 5.36. The highest BCUT2D eigenvalue weighted by molar-refractivity contribution is 5.84. The quantitative estimate of drug-likeness (QED) is 0.896. The average Bonchev–Trinajstić information content (AvgIpc) is 2.75. The number of hydrogen-bond donors (Lipinski definition) is 1. The molecule has 20 heavy (non-hydrogen) atoms. The molecule has 1 aliphatic carbocycles. The molecule has 0 aliphatic heterocycles. The number of rotatable bonds is 5. The smallest absolute Gasteiger partial charge is 0.163 e. The third-order valence-electron chi connectivity index (χ3n) is 4.22. The molecule has 0 atom stereocenters. The molecule has 0 bridgehead atoms. The monoisotopic (exact) mass is 274 g/mol. The van der Waals surface area contributed by atoms with Crippen LogP contribution in [-0.4, -0.2) is 37.7 Å². The summed E-state index contributed by atoms with van der Waals surface area (Å²) in [6.07, 6.45) is 5.83. The first-order valence-corrected chi connectivity index (χ1v) is 7.33. The maximum Gasteiger partial charge on any atom is 0.163 e. The number of nitrogen functional groups attached to an aromatic ring is 1. The Morgan fingerprint density at radius 2 is 2.20 bits per heavy atom. The van der Waals surface area contributed by atoms with E-state index in [1.807, 2.05) is 7.05 Å². The van der Waals surface area contributed by atoms with Gasteiger partial charge in [-0.05, 0) is 25.3 Å². The molecule has 108 valence electrons. The Morgan fingerprint density at radius 3 is 2.85 bits per heavy atom. The lowest BCUT2D eigenvalue weighted by Crippen LogP contribution is -2.32. The number of aryl methyl sites for hydroxylation is 1. The van der Waals surface area contributed by atoms with Gasteiger partial charge in [-0.1, -0.05) is 13.3 Å². The van der Waals surface area contributed by atoms with Crippen LogP contribution in [0.3, 0.4) is 0 Å². The summed E-state index contributed by atoms with van der Waals surface area (Å²) in [6.45, 7) is 5.11. The van der Waals surface area contributed by atoms with E-state index < -0.39 is 0 Å². The SMILES string of the molecule is CCN(Cc1nc(N)c2cnn(C)c2n1)CC1CCC1. The van der Waals surface area contributed by atoms with Crippen molar-refractivity contribution in [2.24, 2.45) is 13.0 Å². The first-order chi connectivity index (χ1) is 9.67. The molecule has 2 N–H and O–H groups in total. The largest absolute Gasteiger partial charge is 0.383 e. The van der Waals surface area contributed by atoms with Crippen LogP contribution in [0.15, 0.2) is 6.20 Å². The van der Waals surface area contributed by atoms with Gasteiger partial charge in [-0.25, -0.2) is 9.97 Å². The summed E-state index contributed by atoms with van der Waals surface area (Å²) in [5.41, 5.74) is 6.82. The van der Waals surface area contributed by atoms with Crippen LogP contribution in [0.4, 0.5) is 5.82 Å². The highest BCUT2D eigenvalue weighted by atomic mass is 15.3. The van der Waals surface area contributed by atoms with Gasteiger partial charge in [0.2, 0.25) is 0 Å². The predicted octanol–water partition coefficient (Wildman–Crippen LogP) is 1.57. The molecule has 0 radical (unpaired) electrons. The molecule has 0 amide bonds. The Hall–Kier alpha value is -1.69. The van der Waals surface area contributed by atoms with E-state index in [-0.39, 0.29) is 0 Å². The molecule has 1 aliphatic rings. The number of anilines is 1. The normalized spacial score (nSPS) is 15.9. The van der Waals surface area contributed by atoms with Crippen molar-refractivity contribution in [2.75, 3.05) is 18.8 Å². The molecular formula is C14H22N6. The molecule has 0 unspecified atom stereocenters. The summed E-state index contributed by atoms with van der Waals surface area (Å²) in [7, 11) is 1.88. The minimum Gasteiger partial charge on any atom is -0.383 e. The number of fused-ring (bicyclic) bond motifs is 1. The summed E-state index contributed by atoms with van der Waals surface area (Å²) in [5.74, 6) is 2.17. The maximum atomic E-state index is 6.00. The third kappa shape index (κ3) is 2.47. The van der Waals surface area contributed by atoms with E-state index in [4.69, 9.17) is 5.73 Å². The van der Waals surface area contributed by atoms with E-state index in [1.165, 1.54) is 19.3 Å². The fraction of sp³-hybridized carbons (Fsp3) is 0.643. The Morgan fingerprint density at radius 1 is 1.40 bits per heavy atom. The first-order valence-electron chi connectivity index (χ1n) is 7.33. The zero-order valence-corrected chi connectivity index (χ0v) is 12.2. The standard InChI is InChI=1S/C14H22N6/c1-3-20(8-10-5-4-6-10)9-12-17-13(15)11-7-16-19(2)14(11)18-12/h7,10H,3-6,8-9H2,1-2H3,(H2,15,17,18). The zero-order chi connectivity index (χ0) is 14.1.